The number of fused-ring (bicyclic) bond motifs is 1. The summed E-state index contributed by atoms with van der Waals surface area (Å²) < 4.78 is 5.16. The third-order valence-corrected chi connectivity index (χ3v) is 4.54. The van der Waals surface area contributed by atoms with Crippen LogP contribution in [-0.4, -0.2) is 34.9 Å². The van der Waals surface area contributed by atoms with Crippen molar-refractivity contribution in [3.05, 3.63) is 66.1 Å². The highest BCUT2D eigenvalue weighted by molar-refractivity contribution is 6.10. The van der Waals surface area contributed by atoms with Crippen molar-refractivity contribution in [2.75, 3.05) is 12.4 Å². The Morgan fingerprint density at radius 2 is 1.93 bits per heavy atom. The number of carbonyl (C=O) groups excluding carboxylic acids is 2. The fourth-order valence-corrected chi connectivity index (χ4v) is 3.08. The average molecular weight is 362 g/mol. The first-order chi connectivity index (χ1) is 13.1. The van der Waals surface area contributed by atoms with Crippen LogP contribution >= 0.6 is 0 Å². The van der Waals surface area contributed by atoms with E-state index >= 15 is 0 Å². The average Bonchev–Trinajstić information content (AvgIpc) is 3.19. The van der Waals surface area contributed by atoms with Gasteiger partial charge in [0.1, 0.15) is 11.8 Å². The van der Waals surface area contributed by atoms with Gasteiger partial charge < -0.3 is 20.4 Å². The summed E-state index contributed by atoms with van der Waals surface area (Å²) in [6, 6.07) is 12.1. The third-order valence-electron chi connectivity index (χ3n) is 4.54. The summed E-state index contributed by atoms with van der Waals surface area (Å²) >= 11 is 0. The number of anilines is 1. The number of ether oxygens (including phenoxy) is 1. The number of amides is 2. The molecule has 1 aliphatic rings. The molecule has 1 aromatic heterocycles. The largest absolute Gasteiger partial charge is 0.497 e. The Balaban J connectivity index is 1.53. The van der Waals surface area contributed by atoms with Gasteiger partial charge in [-0.3, -0.25) is 9.59 Å². The molecule has 0 fully saturated rings. The van der Waals surface area contributed by atoms with Gasteiger partial charge in [-0.05, 0) is 23.8 Å². The van der Waals surface area contributed by atoms with Crippen LogP contribution in [0.1, 0.15) is 15.9 Å². The van der Waals surface area contributed by atoms with Crippen molar-refractivity contribution in [3.63, 3.8) is 0 Å². The molecule has 0 aliphatic carbocycles. The van der Waals surface area contributed by atoms with Crippen LogP contribution in [0.15, 0.2) is 55.0 Å². The molecule has 7 heteroatoms. The van der Waals surface area contributed by atoms with Crippen molar-refractivity contribution in [2.45, 2.75) is 12.5 Å². The molecular weight excluding hydrogens is 344 g/mol. The zero-order valence-electron chi connectivity index (χ0n) is 14.7. The first-order valence-electron chi connectivity index (χ1n) is 8.52. The van der Waals surface area contributed by atoms with Crippen molar-refractivity contribution in [1.82, 2.24) is 15.3 Å². The van der Waals surface area contributed by atoms with Gasteiger partial charge in [-0.2, -0.15) is 0 Å². The van der Waals surface area contributed by atoms with E-state index in [2.05, 4.69) is 20.6 Å². The summed E-state index contributed by atoms with van der Waals surface area (Å²) in [6.45, 7) is 0. The second-order valence-corrected chi connectivity index (χ2v) is 6.28. The van der Waals surface area contributed by atoms with E-state index in [1.54, 1.807) is 24.5 Å². The molecule has 2 amide bonds. The van der Waals surface area contributed by atoms with Crippen molar-refractivity contribution in [3.8, 4) is 17.0 Å². The Hall–Kier alpha value is -3.61. The standard InChI is InChI=1S/C20H18N4O3/c1-27-14-6-7-16-15(9-14)19(25)24-17(20(26)23-16)8-12-2-4-13(5-3-12)18-10-21-11-22-18/h2-7,9-11,17H,8H2,1H3,(H,21,22)(H,23,26)(H,24,25). The number of nitrogens with one attached hydrogen (secondary N) is 3. The molecule has 0 saturated carbocycles. The fourth-order valence-electron chi connectivity index (χ4n) is 3.08. The van der Waals surface area contributed by atoms with Crippen LogP contribution in [0, 0.1) is 0 Å². The Morgan fingerprint density at radius 1 is 1.11 bits per heavy atom. The number of benzene rings is 2. The Labute approximate surface area is 155 Å². The van der Waals surface area contributed by atoms with Crippen LogP contribution in [0.5, 0.6) is 5.75 Å². The zero-order valence-corrected chi connectivity index (χ0v) is 14.7. The third kappa shape index (κ3) is 3.39. The van der Waals surface area contributed by atoms with Crippen LogP contribution in [-0.2, 0) is 11.2 Å². The number of methoxy groups -OCH3 is 1. The molecule has 0 radical (unpaired) electrons. The molecule has 7 nitrogen and oxygen atoms in total. The molecular formula is C20H18N4O3. The topological polar surface area (TPSA) is 96.1 Å². The lowest BCUT2D eigenvalue weighted by Gasteiger charge is -2.14. The van der Waals surface area contributed by atoms with E-state index in [4.69, 9.17) is 4.74 Å². The smallest absolute Gasteiger partial charge is 0.254 e. The summed E-state index contributed by atoms with van der Waals surface area (Å²) in [4.78, 5) is 32.3. The van der Waals surface area contributed by atoms with Gasteiger partial charge in [0, 0.05) is 18.2 Å². The van der Waals surface area contributed by atoms with Crippen LogP contribution in [0.3, 0.4) is 0 Å². The highest BCUT2D eigenvalue weighted by Crippen LogP contribution is 2.25. The van der Waals surface area contributed by atoms with Gasteiger partial charge in [-0.1, -0.05) is 24.3 Å². The van der Waals surface area contributed by atoms with Gasteiger partial charge >= 0.3 is 0 Å². The van der Waals surface area contributed by atoms with E-state index in [1.807, 2.05) is 30.5 Å². The SMILES string of the molecule is COc1ccc2c(c1)C(=O)NC(Cc1ccc(-c3c[nH]cn3)cc1)C(=O)N2. The lowest BCUT2D eigenvalue weighted by atomic mass is 10.0. The summed E-state index contributed by atoms with van der Waals surface area (Å²) in [5.41, 5.74) is 3.65. The second-order valence-electron chi connectivity index (χ2n) is 6.28. The number of aromatic amines is 1. The minimum absolute atomic E-state index is 0.247. The Morgan fingerprint density at radius 3 is 2.63 bits per heavy atom. The lowest BCUT2D eigenvalue weighted by Crippen LogP contribution is -2.42. The molecule has 0 bridgehead atoms. The van der Waals surface area contributed by atoms with Crippen molar-refractivity contribution < 1.29 is 14.3 Å². The van der Waals surface area contributed by atoms with Crippen LogP contribution in [0.25, 0.3) is 11.3 Å². The van der Waals surface area contributed by atoms with Crippen LogP contribution in [0.2, 0.25) is 0 Å². The quantitative estimate of drug-likeness (QED) is 0.664. The van der Waals surface area contributed by atoms with E-state index in [0.717, 1.165) is 16.8 Å². The van der Waals surface area contributed by atoms with Gasteiger partial charge in [0.05, 0.1) is 30.4 Å². The predicted octanol–water partition coefficient (Wildman–Crippen LogP) is 2.38. The number of H-pyrrole nitrogens is 1. The van der Waals surface area contributed by atoms with Crippen LogP contribution < -0.4 is 15.4 Å². The number of imidazole rings is 1. The van der Waals surface area contributed by atoms with Gasteiger partial charge in [-0.25, -0.2) is 4.98 Å². The van der Waals surface area contributed by atoms with Gasteiger partial charge in [-0.15, -0.1) is 0 Å². The maximum absolute atomic E-state index is 12.6. The number of rotatable bonds is 4. The van der Waals surface area contributed by atoms with E-state index in [-0.39, 0.29) is 11.8 Å². The first-order valence-corrected chi connectivity index (χ1v) is 8.52. The number of hydrogen-bond acceptors (Lipinski definition) is 4. The summed E-state index contributed by atoms with van der Waals surface area (Å²) in [6.07, 6.45) is 3.84. The molecule has 1 aliphatic heterocycles. The number of hydrogen-bond donors (Lipinski definition) is 3. The minimum Gasteiger partial charge on any atom is -0.497 e. The normalized spacial score (nSPS) is 16.1. The van der Waals surface area contributed by atoms with Crippen molar-refractivity contribution >= 4 is 17.5 Å². The highest BCUT2D eigenvalue weighted by Gasteiger charge is 2.28. The Bertz CT molecular complexity index is 981. The van der Waals surface area contributed by atoms with Crippen LogP contribution in [0.4, 0.5) is 5.69 Å². The Kier molecular flexibility index (Phi) is 4.33. The predicted molar refractivity (Wildman–Crippen MR) is 101 cm³/mol. The fraction of sp³-hybridized carbons (Fsp3) is 0.150. The zero-order chi connectivity index (χ0) is 18.8. The molecule has 0 spiro atoms. The maximum atomic E-state index is 12.6. The number of aromatic nitrogens is 2. The molecule has 3 aromatic rings. The van der Waals surface area contributed by atoms with E-state index in [0.29, 0.717) is 23.4 Å². The maximum Gasteiger partial charge on any atom is 0.254 e. The molecule has 4 rings (SSSR count). The van der Waals surface area contributed by atoms with E-state index in [9.17, 15) is 9.59 Å². The summed E-state index contributed by atoms with van der Waals surface area (Å²) in [5.74, 6) is 0.00888. The lowest BCUT2D eigenvalue weighted by molar-refractivity contribution is -0.117. The molecule has 136 valence electrons. The second kappa shape index (κ2) is 6.95. The monoisotopic (exact) mass is 362 g/mol. The molecule has 1 atom stereocenters. The van der Waals surface area contributed by atoms with Gasteiger partial charge in [0.2, 0.25) is 5.91 Å². The molecule has 2 heterocycles. The first kappa shape index (κ1) is 16.8. The summed E-state index contributed by atoms with van der Waals surface area (Å²) in [5, 5.41) is 5.62. The van der Waals surface area contributed by atoms with E-state index < -0.39 is 6.04 Å². The van der Waals surface area contributed by atoms with Crippen molar-refractivity contribution in [2.24, 2.45) is 0 Å². The van der Waals surface area contributed by atoms with Crippen molar-refractivity contribution in [1.29, 1.82) is 0 Å². The summed E-state index contributed by atoms with van der Waals surface area (Å²) in [7, 11) is 1.53. The minimum atomic E-state index is -0.660. The molecule has 1 unspecified atom stereocenters. The highest BCUT2D eigenvalue weighted by atomic mass is 16.5. The van der Waals surface area contributed by atoms with E-state index in [1.165, 1.54) is 7.11 Å². The number of carbonyl (C=O) groups is 2. The van der Waals surface area contributed by atoms with Gasteiger partial charge in [0.15, 0.2) is 0 Å². The molecule has 2 aromatic carbocycles. The van der Waals surface area contributed by atoms with Gasteiger partial charge in [0.25, 0.3) is 5.91 Å². The number of nitrogens with zero attached hydrogens (tertiary/aromatic N) is 1. The molecule has 3 N–H and O–H groups in total. The molecule has 27 heavy (non-hydrogen) atoms. The molecule has 0 saturated heterocycles.